The van der Waals surface area contributed by atoms with Gasteiger partial charge in [0, 0.05) is 12.1 Å². The Balaban J connectivity index is 1.66. The van der Waals surface area contributed by atoms with Crippen LogP contribution in [0.1, 0.15) is 26.5 Å². The third-order valence-electron chi connectivity index (χ3n) is 4.63. The van der Waals surface area contributed by atoms with E-state index in [0.29, 0.717) is 18.7 Å². The van der Waals surface area contributed by atoms with Gasteiger partial charge in [-0.25, -0.2) is 14.4 Å². The van der Waals surface area contributed by atoms with Crippen LogP contribution in [0.15, 0.2) is 67.0 Å². The van der Waals surface area contributed by atoms with E-state index in [9.17, 15) is 14.0 Å². The lowest BCUT2D eigenvalue weighted by Gasteiger charge is -2.10. The van der Waals surface area contributed by atoms with Gasteiger partial charge in [-0.05, 0) is 30.2 Å². The summed E-state index contributed by atoms with van der Waals surface area (Å²) in [4.78, 5) is 33.1. The van der Waals surface area contributed by atoms with E-state index in [4.69, 9.17) is 5.73 Å². The maximum Gasteiger partial charge on any atom is 0.271 e. The molecule has 3 N–H and O–H groups in total. The first kappa shape index (κ1) is 19.3. The molecule has 0 aliphatic heterocycles. The molecule has 2 aromatic carbocycles. The second kappa shape index (κ2) is 8.12. The van der Waals surface area contributed by atoms with E-state index < -0.39 is 5.91 Å². The fourth-order valence-corrected chi connectivity index (χ4v) is 3.18. The molecule has 0 atom stereocenters. The second-order valence-electron chi connectivity index (χ2n) is 6.68. The molecule has 0 saturated heterocycles. The summed E-state index contributed by atoms with van der Waals surface area (Å²) in [7, 11) is 0. The van der Waals surface area contributed by atoms with Gasteiger partial charge in [0.2, 0.25) is 0 Å². The molecular formula is C22H18FN5O2. The molecule has 2 amide bonds. The highest BCUT2D eigenvalue weighted by molar-refractivity contribution is 5.99. The van der Waals surface area contributed by atoms with Crippen LogP contribution in [0.25, 0.3) is 16.9 Å². The summed E-state index contributed by atoms with van der Waals surface area (Å²) in [6.07, 6.45) is 1.82. The summed E-state index contributed by atoms with van der Waals surface area (Å²) in [6, 6.07) is 17.1. The summed E-state index contributed by atoms with van der Waals surface area (Å²) in [6.45, 7) is 0.310. The Hall–Kier alpha value is -4.07. The molecule has 0 unspecified atom stereocenters. The van der Waals surface area contributed by atoms with Crippen LogP contribution in [0.5, 0.6) is 0 Å². The van der Waals surface area contributed by atoms with Crippen molar-refractivity contribution in [1.82, 2.24) is 19.7 Å². The molecule has 30 heavy (non-hydrogen) atoms. The van der Waals surface area contributed by atoms with Gasteiger partial charge in [0.05, 0.1) is 5.69 Å². The Morgan fingerprint density at radius 3 is 2.60 bits per heavy atom. The zero-order chi connectivity index (χ0) is 21.1. The van der Waals surface area contributed by atoms with Gasteiger partial charge in [-0.15, -0.1) is 0 Å². The number of benzene rings is 2. The van der Waals surface area contributed by atoms with E-state index in [1.54, 1.807) is 18.2 Å². The van der Waals surface area contributed by atoms with Crippen LogP contribution in [-0.2, 0) is 6.42 Å². The molecule has 0 fully saturated rings. The maximum absolute atomic E-state index is 13.3. The van der Waals surface area contributed by atoms with Crippen molar-refractivity contribution in [3.8, 4) is 11.3 Å². The lowest BCUT2D eigenvalue weighted by molar-refractivity contribution is 0.0946. The van der Waals surface area contributed by atoms with Gasteiger partial charge >= 0.3 is 0 Å². The first-order valence-electron chi connectivity index (χ1n) is 9.29. The predicted molar refractivity (Wildman–Crippen MR) is 109 cm³/mol. The van der Waals surface area contributed by atoms with Gasteiger partial charge in [-0.2, -0.15) is 0 Å². The quantitative estimate of drug-likeness (QED) is 0.517. The number of nitrogens with one attached hydrogen (secondary N) is 1. The Kier molecular flexibility index (Phi) is 5.21. The Bertz CT molecular complexity index is 1240. The fraction of sp³-hybridized carbons (Fsp3) is 0.0909. The normalized spacial score (nSPS) is 10.8. The number of fused-ring (bicyclic) bond motifs is 1. The second-order valence-corrected chi connectivity index (χ2v) is 6.68. The average Bonchev–Trinajstić information content (AvgIpc) is 3.18. The summed E-state index contributed by atoms with van der Waals surface area (Å²) >= 11 is 0. The zero-order valence-corrected chi connectivity index (χ0v) is 15.9. The van der Waals surface area contributed by atoms with Gasteiger partial charge < -0.3 is 11.1 Å². The first-order valence-corrected chi connectivity index (χ1v) is 9.29. The van der Waals surface area contributed by atoms with Crippen molar-refractivity contribution < 1.29 is 14.0 Å². The van der Waals surface area contributed by atoms with Gasteiger partial charge in [-0.3, -0.25) is 14.0 Å². The number of rotatable bonds is 6. The van der Waals surface area contributed by atoms with E-state index in [1.807, 2.05) is 30.3 Å². The van der Waals surface area contributed by atoms with Crippen molar-refractivity contribution >= 4 is 17.5 Å². The number of primary amides is 1. The van der Waals surface area contributed by atoms with E-state index in [2.05, 4.69) is 15.3 Å². The molecule has 0 bridgehead atoms. The number of carbonyl (C=O) groups is 2. The molecule has 7 nitrogen and oxygen atoms in total. The van der Waals surface area contributed by atoms with Crippen molar-refractivity contribution in [2.24, 2.45) is 5.73 Å². The lowest BCUT2D eigenvalue weighted by Crippen LogP contribution is -2.27. The first-order chi connectivity index (χ1) is 14.5. The maximum atomic E-state index is 13.3. The van der Waals surface area contributed by atoms with Crippen molar-refractivity contribution in [1.29, 1.82) is 0 Å². The SMILES string of the molecule is NC(=O)c1ncn2c(C(=O)NCCc3cccc(F)c3)cc(-c3ccccc3)nc12. The molecule has 2 heterocycles. The number of nitrogens with zero attached hydrogens (tertiary/aromatic N) is 3. The summed E-state index contributed by atoms with van der Waals surface area (Å²) in [5.74, 6) is -1.42. The van der Waals surface area contributed by atoms with Crippen molar-refractivity contribution in [2.45, 2.75) is 6.42 Å². The molecular weight excluding hydrogens is 385 g/mol. The molecule has 8 heteroatoms. The highest BCUT2D eigenvalue weighted by atomic mass is 19.1. The fourth-order valence-electron chi connectivity index (χ4n) is 3.18. The van der Waals surface area contributed by atoms with Crippen LogP contribution in [0, 0.1) is 5.82 Å². The van der Waals surface area contributed by atoms with Crippen LogP contribution >= 0.6 is 0 Å². The van der Waals surface area contributed by atoms with E-state index in [-0.39, 0.29) is 28.8 Å². The minimum atomic E-state index is -0.729. The minimum Gasteiger partial charge on any atom is -0.364 e. The van der Waals surface area contributed by atoms with Crippen molar-refractivity contribution in [3.05, 3.63) is 89.8 Å². The van der Waals surface area contributed by atoms with Crippen molar-refractivity contribution in [3.63, 3.8) is 0 Å². The summed E-state index contributed by atoms with van der Waals surface area (Å²) < 4.78 is 14.8. The number of hydrogen-bond acceptors (Lipinski definition) is 4. The number of hydrogen-bond donors (Lipinski definition) is 2. The van der Waals surface area contributed by atoms with Gasteiger partial charge in [-0.1, -0.05) is 42.5 Å². The molecule has 0 saturated carbocycles. The highest BCUT2D eigenvalue weighted by Crippen LogP contribution is 2.21. The number of imidazole rings is 1. The molecule has 0 spiro atoms. The standard InChI is InChI=1S/C22H18FN5O2/c23-16-8-4-5-14(11-16)9-10-25-22(30)18-12-17(15-6-2-1-3-7-15)27-21-19(20(24)29)26-13-28(18)21/h1-8,11-13H,9-10H2,(H2,24,29)(H,25,30). The van der Waals surface area contributed by atoms with E-state index >= 15 is 0 Å². The number of halogens is 1. The van der Waals surface area contributed by atoms with Gasteiger partial charge in [0.25, 0.3) is 11.8 Å². The molecule has 4 rings (SSSR count). The molecule has 4 aromatic rings. The van der Waals surface area contributed by atoms with Crippen LogP contribution in [0.3, 0.4) is 0 Å². The topological polar surface area (TPSA) is 102 Å². The lowest BCUT2D eigenvalue weighted by atomic mass is 10.1. The summed E-state index contributed by atoms with van der Waals surface area (Å²) in [5, 5.41) is 2.82. The van der Waals surface area contributed by atoms with Crippen LogP contribution in [-0.4, -0.2) is 32.7 Å². The molecule has 0 aliphatic carbocycles. The van der Waals surface area contributed by atoms with Crippen LogP contribution in [0.2, 0.25) is 0 Å². The average molecular weight is 403 g/mol. The van der Waals surface area contributed by atoms with Crippen LogP contribution < -0.4 is 11.1 Å². The molecule has 0 aliphatic rings. The Morgan fingerprint density at radius 1 is 1.07 bits per heavy atom. The number of nitrogens with two attached hydrogens (primary N) is 1. The number of carbonyl (C=O) groups excluding carboxylic acids is 2. The number of aromatic nitrogens is 3. The van der Waals surface area contributed by atoms with Gasteiger partial charge in [0.15, 0.2) is 11.3 Å². The van der Waals surface area contributed by atoms with Crippen molar-refractivity contribution in [2.75, 3.05) is 6.54 Å². The van der Waals surface area contributed by atoms with E-state index in [1.165, 1.54) is 22.9 Å². The summed E-state index contributed by atoms with van der Waals surface area (Å²) in [5.41, 5.74) is 7.94. The van der Waals surface area contributed by atoms with E-state index in [0.717, 1.165) is 11.1 Å². The van der Waals surface area contributed by atoms with Crippen LogP contribution in [0.4, 0.5) is 4.39 Å². The monoisotopic (exact) mass is 403 g/mol. The largest absolute Gasteiger partial charge is 0.364 e. The molecule has 0 radical (unpaired) electrons. The predicted octanol–water partition coefficient (Wildman–Crippen LogP) is 2.61. The Labute approximate surface area is 171 Å². The Morgan fingerprint density at radius 2 is 1.87 bits per heavy atom. The zero-order valence-electron chi connectivity index (χ0n) is 15.9. The highest BCUT2D eigenvalue weighted by Gasteiger charge is 2.19. The third kappa shape index (κ3) is 3.88. The smallest absolute Gasteiger partial charge is 0.271 e. The van der Waals surface area contributed by atoms with Gasteiger partial charge in [0.1, 0.15) is 17.8 Å². The third-order valence-corrected chi connectivity index (χ3v) is 4.63. The minimum absolute atomic E-state index is 0.0124. The number of amides is 2. The molecule has 2 aromatic heterocycles. The molecule has 150 valence electrons.